The van der Waals surface area contributed by atoms with Crippen LogP contribution in [-0.2, 0) is 20.7 Å². The third-order valence-corrected chi connectivity index (χ3v) is 7.69. The lowest BCUT2D eigenvalue weighted by Crippen LogP contribution is -2.40. The minimum atomic E-state index is -4.92. The van der Waals surface area contributed by atoms with E-state index in [2.05, 4.69) is 19.9 Å². The van der Waals surface area contributed by atoms with Crippen LogP contribution in [0.15, 0.2) is 33.5 Å². The number of nitrogens with two attached hydrogens (primary N) is 1. The van der Waals surface area contributed by atoms with Gasteiger partial charge in [0.05, 0.1) is 20.8 Å². The van der Waals surface area contributed by atoms with Gasteiger partial charge < -0.3 is 16.0 Å². The zero-order chi connectivity index (χ0) is 29.4. The van der Waals surface area contributed by atoms with E-state index in [9.17, 15) is 35.8 Å². The predicted octanol–water partition coefficient (Wildman–Crippen LogP) is 4.40. The predicted molar refractivity (Wildman–Crippen MR) is 135 cm³/mol. The van der Waals surface area contributed by atoms with Crippen LogP contribution >= 0.6 is 0 Å². The topological polar surface area (TPSA) is 131 Å². The van der Waals surface area contributed by atoms with E-state index in [1.165, 1.54) is 49.3 Å². The summed E-state index contributed by atoms with van der Waals surface area (Å²) < 4.78 is 85.5. The Morgan fingerprint density at radius 1 is 1.15 bits per heavy atom. The Morgan fingerprint density at radius 2 is 1.82 bits per heavy atom. The van der Waals surface area contributed by atoms with Gasteiger partial charge in [-0.1, -0.05) is 6.07 Å². The van der Waals surface area contributed by atoms with Gasteiger partial charge in [0.1, 0.15) is 0 Å². The fourth-order valence-corrected chi connectivity index (χ4v) is 5.21. The molecule has 3 N–H and O–H groups in total. The molecule has 0 bridgehead atoms. The molecule has 9 nitrogen and oxygen atoms in total. The molecule has 1 atom stereocenters. The van der Waals surface area contributed by atoms with Gasteiger partial charge in [-0.25, -0.2) is 13.0 Å². The van der Waals surface area contributed by atoms with Crippen molar-refractivity contribution >= 4 is 33.0 Å². The van der Waals surface area contributed by atoms with Gasteiger partial charge in [-0.15, -0.1) is 10.2 Å². The molecule has 1 fully saturated rings. The number of rotatable bonds is 5. The summed E-state index contributed by atoms with van der Waals surface area (Å²) in [7, 11) is -3.30. The van der Waals surface area contributed by atoms with Crippen LogP contribution in [0.5, 0.6) is 0 Å². The van der Waals surface area contributed by atoms with Crippen molar-refractivity contribution in [3.05, 3.63) is 41.1 Å². The van der Waals surface area contributed by atoms with E-state index in [0.29, 0.717) is 0 Å². The molecule has 2 aromatic rings. The number of hydrogen-bond donors (Lipinski definition) is 2. The maximum atomic E-state index is 13.9. The van der Waals surface area contributed by atoms with Gasteiger partial charge in [-0.3, -0.25) is 9.59 Å². The van der Waals surface area contributed by atoms with E-state index in [4.69, 9.17) is 5.73 Å². The SMILES string of the molecule is Cc1c(C(F)(F)F)nnc(N2CCCC(F)(F)CC2)c1C(=O)Nc1cccc([S@@](C)(=O)=NC(=O)C(C)(C)N)c1. The van der Waals surface area contributed by atoms with E-state index in [0.717, 1.165) is 6.92 Å². The molecule has 0 aliphatic carbocycles. The molecule has 0 radical (unpaired) electrons. The molecule has 0 unspecified atom stereocenters. The second-order valence-corrected chi connectivity index (χ2v) is 12.2. The molecule has 39 heavy (non-hydrogen) atoms. The van der Waals surface area contributed by atoms with Crippen LogP contribution in [0.2, 0.25) is 0 Å². The molecule has 3 rings (SSSR count). The Labute approximate surface area is 222 Å². The van der Waals surface area contributed by atoms with Crippen LogP contribution in [0.1, 0.15) is 54.7 Å². The Kier molecular flexibility index (Phi) is 8.37. The second-order valence-electron chi connectivity index (χ2n) is 9.97. The molecule has 1 saturated heterocycles. The van der Waals surface area contributed by atoms with Crippen molar-refractivity contribution in [3.8, 4) is 0 Å². The van der Waals surface area contributed by atoms with Crippen LogP contribution in [0.3, 0.4) is 0 Å². The smallest absolute Gasteiger partial charge is 0.354 e. The lowest BCUT2D eigenvalue weighted by atomic mass is 10.1. The zero-order valence-corrected chi connectivity index (χ0v) is 22.6. The fraction of sp³-hybridized carbons (Fsp3) is 0.500. The van der Waals surface area contributed by atoms with E-state index in [1.54, 1.807) is 0 Å². The third kappa shape index (κ3) is 7.26. The summed E-state index contributed by atoms with van der Waals surface area (Å²) in [5.74, 6) is -5.02. The van der Waals surface area contributed by atoms with E-state index in [-0.39, 0.29) is 35.9 Å². The number of halogens is 5. The van der Waals surface area contributed by atoms with Gasteiger partial charge in [0.2, 0.25) is 5.92 Å². The first kappa shape index (κ1) is 30.3. The minimum absolute atomic E-state index is 0.0323. The average molecular weight is 577 g/mol. The summed E-state index contributed by atoms with van der Waals surface area (Å²) in [6, 6.07) is 5.48. The molecule has 1 aromatic heterocycles. The van der Waals surface area contributed by atoms with Gasteiger partial charge in [0.25, 0.3) is 11.8 Å². The van der Waals surface area contributed by atoms with E-state index < -0.39 is 68.8 Å². The van der Waals surface area contributed by atoms with Gasteiger partial charge in [0.15, 0.2) is 11.5 Å². The highest BCUT2D eigenvalue weighted by Crippen LogP contribution is 2.36. The van der Waals surface area contributed by atoms with Crippen molar-refractivity contribution in [2.45, 2.75) is 62.6 Å². The third-order valence-electron chi connectivity index (χ3n) is 6.05. The molecule has 1 aliphatic heterocycles. The maximum Gasteiger partial charge on any atom is 0.435 e. The first-order valence-electron chi connectivity index (χ1n) is 11.9. The molecule has 2 heterocycles. The maximum absolute atomic E-state index is 13.9. The zero-order valence-electron chi connectivity index (χ0n) is 21.7. The number of nitrogens with one attached hydrogen (secondary N) is 1. The number of benzene rings is 1. The number of amides is 2. The highest BCUT2D eigenvalue weighted by Gasteiger charge is 2.39. The van der Waals surface area contributed by atoms with Gasteiger partial charge >= 0.3 is 6.18 Å². The van der Waals surface area contributed by atoms with Crippen molar-refractivity contribution in [1.82, 2.24) is 10.2 Å². The average Bonchev–Trinajstić information content (AvgIpc) is 2.97. The number of hydrogen-bond acceptors (Lipinski definition) is 7. The Bertz CT molecular complexity index is 1400. The van der Waals surface area contributed by atoms with Crippen LogP contribution < -0.4 is 16.0 Å². The van der Waals surface area contributed by atoms with Gasteiger partial charge in [-0.2, -0.15) is 17.5 Å². The highest BCUT2D eigenvalue weighted by atomic mass is 32.2. The summed E-state index contributed by atoms with van der Waals surface area (Å²) in [5, 5.41) is 9.35. The van der Waals surface area contributed by atoms with Crippen molar-refractivity contribution in [1.29, 1.82) is 0 Å². The Morgan fingerprint density at radius 3 is 2.44 bits per heavy atom. The molecule has 2 amide bonds. The first-order valence-corrected chi connectivity index (χ1v) is 13.8. The summed E-state index contributed by atoms with van der Waals surface area (Å²) in [4.78, 5) is 27.0. The minimum Gasteiger partial charge on any atom is -0.354 e. The number of aromatic nitrogens is 2. The monoisotopic (exact) mass is 576 g/mol. The fourth-order valence-electron chi connectivity index (χ4n) is 3.88. The van der Waals surface area contributed by atoms with Crippen molar-refractivity contribution in [2.75, 3.05) is 29.6 Å². The molecule has 0 saturated carbocycles. The molecular formula is C24H29F5N6O3S. The van der Waals surface area contributed by atoms with E-state index >= 15 is 0 Å². The van der Waals surface area contributed by atoms with Crippen molar-refractivity contribution < 1.29 is 35.8 Å². The van der Waals surface area contributed by atoms with Gasteiger partial charge in [-0.05, 0) is 51.0 Å². The van der Waals surface area contributed by atoms with Crippen LogP contribution in [0.4, 0.5) is 33.5 Å². The summed E-state index contributed by atoms with van der Waals surface area (Å²) >= 11 is 0. The molecule has 214 valence electrons. The number of carbonyl (C=O) groups is 2. The lowest BCUT2D eigenvalue weighted by Gasteiger charge is -2.25. The largest absolute Gasteiger partial charge is 0.435 e. The first-order chi connectivity index (χ1) is 17.8. The number of nitrogens with zero attached hydrogens (tertiary/aromatic N) is 4. The Balaban J connectivity index is 2.03. The lowest BCUT2D eigenvalue weighted by molar-refractivity contribution is -0.142. The van der Waals surface area contributed by atoms with Crippen LogP contribution in [0.25, 0.3) is 0 Å². The van der Waals surface area contributed by atoms with Crippen LogP contribution in [0, 0.1) is 6.92 Å². The molecule has 1 aliphatic rings. The number of alkyl halides is 5. The standard InChI is InChI=1S/C24H29F5N6O3S/c1-14-17(19(33-32-18(14)24(27,28)29)35-11-6-9-23(25,26)10-12-35)20(36)31-15-7-5-8-16(13-15)39(4,38)34-21(37)22(2,3)30/h5,7-8,13H,6,9-12,30H2,1-4H3,(H,31,36)/t39-/m1/s1. The normalized spacial score (nSPS) is 17.6. The molecule has 15 heteroatoms. The highest BCUT2D eigenvalue weighted by molar-refractivity contribution is 7.93. The number of carbonyl (C=O) groups excluding carboxylic acids is 2. The Hall–Kier alpha value is -3.20. The number of anilines is 2. The molecule has 0 spiro atoms. The second kappa shape index (κ2) is 10.8. The molecular weight excluding hydrogens is 547 g/mol. The van der Waals surface area contributed by atoms with Gasteiger partial charge in [0, 0.05) is 42.8 Å². The quantitative estimate of drug-likeness (QED) is 0.505. The summed E-state index contributed by atoms with van der Waals surface area (Å²) in [6.07, 6.45) is -4.66. The van der Waals surface area contributed by atoms with Crippen molar-refractivity contribution in [3.63, 3.8) is 0 Å². The van der Waals surface area contributed by atoms with Crippen LogP contribution in [-0.4, -0.2) is 57.0 Å². The summed E-state index contributed by atoms with van der Waals surface area (Å²) in [6.45, 7) is 3.64. The van der Waals surface area contributed by atoms with Crippen molar-refractivity contribution in [2.24, 2.45) is 10.1 Å². The molecule has 1 aromatic carbocycles. The van der Waals surface area contributed by atoms with E-state index in [1.807, 2.05) is 0 Å². The summed E-state index contributed by atoms with van der Waals surface area (Å²) in [5.41, 5.74) is 2.00.